The summed E-state index contributed by atoms with van der Waals surface area (Å²) < 4.78 is 13.1. The van der Waals surface area contributed by atoms with Gasteiger partial charge in [0.2, 0.25) is 5.95 Å². The van der Waals surface area contributed by atoms with E-state index < -0.39 is 0 Å². The summed E-state index contributed by atoms with van der Waals surface area (Å²) in [6.07, 6.45) is 9.59. The molecule has 1 aromatic heterocycles. The number of aromatic nitrogens is 2. The number of nitrogens with zero attached hydrogens (tertiary/aromatic N) is 2. The first-order valence-electron chi connectivity index (χ1n) is 11.3. The summed E-state index contributed by atoms with van der Waals surface area (Å²) in [7, 11) is 0. The van der Waals surface area contributed by atoms with Crippen LogP contribution in [-0.4, -0.2) is 42.1 Å². The van der Waals surface area contributed by atoms with E-state index in [1.54, 1.807) is 18.3 Å². The fourth-order valence-corrected chi connectivity index (χ4v) is 3.46. The van der Waals surface area contributed by atoms with Crippen molar-refractivity contribution in [2.45, 2.75) is 51.5 Å². The molecule has 0 unspecified atom stereocenters. The first kappa shape index (κ1) is 22.9. The van der Waals surface area contributed by atoms with Gasteiger partial charge in [0.05, 0.1) is 0 Å². The number of rotatable bonds is 3. The lowest BCUT2D eigenvalue weighted by atomic mass is 10.1. The van der Waals surface area contributed by atoms with E-state index in [0.29, 0.717) is 23.9 Å². The van der Waals surface area contributed by atoms with Gasteiger partial charge in [0.1, 0.15) is 17.2 Å². The molecule has 0 radical (unpaired) electrons. The average Bonchev–Trinajstić information content (AvgIpc) is 2.78. The Morgan fingerprint density at radius 2 is 1.55 bits per heavy atom. The van der Waals surface area contributed by atoms with Gasteiger partial charge in [-0.2, -0.15) is 4.98 Å². The highest BCUT2D eigenvalue weighted by Gasteiger charge is 2.15. The van der Waals surface area contributed by atoms with Crippen LogP contribution in [0.2, 0.25) is 0 Å². The summed E-state index contributed by atoms with van der Waals surface area (Å²) in [5.41, 5.74) is 1.23. The molecule has 1 aliphatic heterocycles. The zero-order chi connectivity index (χ0) is 21.7. The maximum Gasteiger partial charge on any atom is 0.256 e. The number of carbonyl (C=O) groups excluding carboxylic acids is 1. The van der Waals surface area contributed by atoms with E-state index in [1.807, 2.05) is 0 Å². The summed E-state index contributed by atoms with van der Waals surface area (Å²) in [5, 5.41) is 12.9. The molecule has 31 heavy (non-hydrogen) atoms. The minimum absolute atomic E-state index is 0.258. The van der Waals surface area contributed by atoms with Gasteiger partial charge >= 0.3 is 0 Å². The van der Waals surface area contributed by atoms with Crippen molar-refractivity contribution in [3.63, 3.8) is 0 Å². The molecule has 7 nitrogen and oxygen atoms in total. The summed E-state index contributed by atoms with van der Waals surface area (Å²) in [5.74, 6) is 0.510. The van der Waals surface area contributed by atoms with Crippen LogP contribution in [-0.2, 0) is 6.54 Å². The van der Waals surface area contributed by atoms with Crippen molar-refractivity contribution >= 4 is 17.7 Å². The van der Waals surface area contributed by atoms with Gasteiger partial charge in [-0.25, -0.2) is 9.37 Å². The number of carbonyl (C=O) groups is 1. The van der Waals surface area contributed by atoms with Crippen molar-refractivity contribution in [1.29, 1.82) is 0 Å². The quantitative estimate of drug-likeness (QED) is 0.596. The van der Waals surface area contributed by atoms with Gasteiger partial charge in [-0.3, -0.25) is 4.79 Å². The van der Waals surface area contributed by atoms with Gasteiger partial charge in [0, 0.05) is 25.8 Å². The third-order valence-electron chi connectivity index (χ3n) is 5.29. The number of hydrogen-bond donors (Lipinski definition) is 4. The molecule has 2 heterocycles. The molecule has 0 aliphatic carbocycles. The van der Waals surface area contributed by atoms with Crippen LogP contribution in [0.1, 0.15) is 60.9 Å². The average molecular weight is 429 g/mol. The lowest BCUT2D eigenvalue weighted by Gasteiger charge is -2.13. The van der Waals surface area contributed by atoms with Crippen LogP contribution in [0.3, 0.4) is 0 Å². The molecule has 1 aromatic carbocycles. The smallest absolute Gasteiger partial charge is 0.256 e. The third-order valence-corrected chi connectivity index (χ3v) is 5.29. The molecule has 3 rings (SSSR count). The van der Waals surface area contributed by atoms with Gasteiger partial charge in [-0.15, -0.1) is 0 Å². The van der Waals surface area contributed by atoms with Crippen molar-refractivity contribution in [3.8, 4) is 0 Å². The van der Waals surface area contributed by atoms with Crippen molar-refractivity contribution in [1.82, 2.24) is 20.6 Å². The number of benzene rings is 1. The fraction of sp³-hybridized carbons (Fsp3) is 0.522. The van der Waals surface area contributed by atoms with Crippen LogP contribution in [0.5, 0.6) is 0 Å². The molecule has 168 valence electrons. The zero-order valence-electron chi connectivity index (χ0n) is 18.1. The Morgan fingerprint density at radius 3 is 2.35 bits per heavy atom. The Morgan fingerprint density at radius 1 is 0.903 bits per heavy atom. The molecule has 0 saturated carbocycles. The SMILES string of the molecule is O=C(NCc1ccc(F)cc1)c1cnc2nc1NCCCCNCCCCCCCN2. The molecule has 4 N–H and O–H groups in total. The normalized spacial score (nSPS) is 16.4. The molecule has 0 saturated heterocycles. The van der Waals surface area contributed by atoms with Crippen LogP contribution < -0.4 is 21.3 Å². The first-order chi connectivity index (χ1) is 15.2. The van der Waals surface area contributed by atoms with Gasteiger partial charge < -0.3 is 21.3 Å². The molecule has 2 bridgehead atoms. The van der Waals surface area contributed by atoms with Gasteiger partial charge in [0.25, 0.3) is 5.91 Å². The second-order valence-corrected chi connectivity index (χ2v) is 7.84. The molecule has 0 fully saturated rings. The standard InChI is InChI=1S/C23H33FN6O/c24-19-10-8-18(9-11-19)16-28-22(31)20-17-29-23-27-15-5-3-1-2-4-12-25-13-6-7-14-26-21(20)30-23/h8-11,17,25H,1-7,12-16H2,(H,28,31)(H2,26,27,29,30). The van der Waals surface area contributed by atoms with E-state index >= 15 is 0 Å². The predicted octanol–water partition coefficient (Wildman–Crippen LogP) is 3.70. The highest BCUT2D eigenvalue weighted by atomic mass is 19.1. The minimum atomic E-state index is -0.296. The molecule has 8 heteroatoms. The Balaban J connectivity index is 1.63. The summed E-state index contributed by atoms with van der Waals surface area (Å²) in [6, 6.07) is 6.08. The van der Waals surface area contributed by atoms with Gasteiger partial charge in [-0.1, -0.05) is 31.4 Å². The van der Waals surface area contributed by atoms with Crippen molar-refractivity contribution < 1.29 is 9.18 Å². The number of amides is 1. The van der Waals surface area contributed by atoms with Crippen LogP contribution in [0.15, 0.2) is 30.5 Å². The van der Waals surface area contributed by atoms with E-state index in [2.05, 4.69) is 31.2 Å². The molecule has 1 amide bonds. The Labute approximate surface area is 183 Å². The third kappa shape index (κ3) is 8.13. The van der Waals surface area contributed by atoms with Gasteiger partial charge in [-0.05, 0) is 56.5 Å². The lowest BCUT2D eigenvalue weighted by Crippen LogP contribution is -2.25. The van der Waals surface area contributed by atoms with Crippen LogP contribution in [0, 0.1) is 5.82 Å². The summed E-state index contributed by atoms with van der Waals surface area (Å²) in [4.78, 5) is 21.6. The number of hydrogen-bond acceptors (Lipinski definition) is 6. The molecule has 2 aromatic rings. The lowest BCUT2D eigenvalue weighted by molar-refractivity contribution is 0.0951. The molecule has 1 aliphatic rings. The zero-order valence-corrected chi connectivity index (χ0v) is 18.1. The number of halogens is 1. The number of anilines is 2. The summed E-state index contributed by atoms with van der Waals surface area (Å²) in [6.45, 7) is 3.94. The molecular weight excluding hydrogens is 395 g/mol. The van der Waals surface area contributed by atoms with E-state index in [1.165, 1.54) is 37.8 Å². The Bertz CT molecular complexity index is 814. The summed E-state index contributed by atoms with van der Waals surface area (Å²) >= 11 is 0. The van der Waals surface area contributed by atoms with E-state index in [-0.39, 0.29) is 11.7 Å². The first-order valence-corrected chi connectivity index (χ1v) is 11.3. The fourth-order valence-electron chi connectivity index (χ4n) is 3.46. The highest BCUT2D eigenvalue weighted by molar-refractivity contribution is 5.98. The second-order valence-electron chi connectivity index (χ2n) is 7.84. The van der Waals surface area contributed by atoms with Gasteiger partial charge in [0.15, 0.2) is 0 Å². The Kier molecular flexibility index (Phi) is 9.50. The maximum atomic E-state index is 13.1. The van der Waals surface area contributed by atoms with Crippen LogP contribution >= 0.6 is 0 Å². The number of nitrogens with one attached hydrogen (secondary N) is 4. The van der Waals surface area contributed by atoms with Crippen molar-refractivity contribution in [2.75, 3.05) is 36.8 Å². The van der Waals surface area contributed by atoms with Crippen molar-refractivity contribution in [2.24, 2.45) is 0 Å². The predicted molar refractivity (Wildman–Crippen MR) is 122 cm³/mol. The maximum absolute atomic E-state index is 13.1. The van der Waals surface area contributed by atoms with E-state index in [0.717, 1.165) is 51.0 Å². The number of fused-ring (bicyclic) bond motifs is 2. The minimum Gasteiger partial charge on any atom is -0.369 e. The highest BCUT2D eigenvalue weighted by Crippen LogP contribution is 2.15. The molecule has 0 atom stereocenters. The van der Waals surface area contributed by atoms with E-state index in [4.69, 9.17) is 0 Å². The largest absolute Gasteiger partial charge is 0.369 e. The monoisotopic (exact) mass is 428 g/mol. The van der Waals surface area contributed by atoms with Crippen LogP contribution in [0.4, 0.5) is 16.2 Å². The molecular formula is C23H33FN6O. The Hall–Kier alpha value is -2.74. The molecule has 0 spiro atoms. The van der Waals surface area contributed by atoms with E-state index in [9.17, 15) is 9.18 Å². The van der Waals surface area contributed by atoms with Crippen molar-refractivity contribution in [3.05, 3.63) is 47.4 Å². The van der Waals surface area contributed by atoms with Crippen LogP contribution in [0.25, 0.3) is 0 Å². The second kappa shape index (κ2) is 12.8. The topological polar surface area (TPSA) is 91.0 Å².